The first-order valence-corrected chi connectivity index (χ1v) is 16.0. The van der Waals surface area contributed by atoms with Gasteiger partial charge in [-0.1, -0.05) is 44.2 Å². The van der Waals surface area contributed by atoms with Crippen molar-refractivity contribution in [1.29, 1.82) is 0 Å². The lowest BCUT2D eigenvalue weighted by atomic mass is 9.84. The van der Waals surface area contributed by atoms with Crippen LogP contribution in [0, 0.1) is 24.7 Å². The van der Waals surface area contributed by atoms with Crippen LogP contribution in [0.4, 0.5) is 0 Å². The van der Waals surface area contributed by atoms with E-state index < -0.39 is 36.0 Å². The number of esters is 2. The number of oxazole rings is 1. The van der Waals surface area contributed by atoms with Crippen LogP contribution < -0.4 is 0 Å². The molecule has 5 rings (SSSR count). The van der Waals surface area contributed by atoms with E-state index in [-0.39, 0.29) is 48.5 Å². The van der Waals surface area contributed by atoms with Crippen LogP contribution in [0.5, 0.6) is 0 Å². The fraction of sp³-hybridized carbons (Fsp3) is 0.629. The summed E-state index contributed by atoms with van der Waals surface area (Å²) in [5, 5.41) is 11.4. The predicted molar refractivity (Wildman–Crippen MR) is 166 cm³/mol. The van der Waals surface area contributed by atoms with Crippen molar-refractivity contribution in [2.45, 2.75) is 116 Å². The Morgan fingerprint density at radius 2 is 1.91 bits per heavy atom. The van der Waals surface area contributed by atoms with Crippen molar-refractivity contribution in [3.8, 4) is 0 Å². The number of aliphatic hydroxyl groups is 1. The highest BCUT2D eigenvalue weighted by molar-refractivity contribution is 5.78. The molecule has 45 heavy (non-hydrogen) atoms. The molecule has 0 amide bonds. The second kappa shape index (κ2) is 13.7. The van der Waals surface area contributed by atoms with Crippen LogP contribution in [0.1, 0.15) is 71.9 Å². The number of hydrogen-bond donors (Lipinski definition) is 1. The van der Waals surface area contributed by atoms with Crippen molar-refractivity contribution in [2.24, 2.45) is 17.8 Å². The standard InChI is InChI=1S/C35H47NO9/c1-19(13-25-18-41-23(5)36-25)9-8-10-21(3)32(40-7)22(4)27-17-29(37)35(6)30(45-35)12-11-20(2)26-14-24(16-31(38)42-26)15-28-33(43-28)34(39)44-27/h8-13,18,20,22,24,26-30,32-33,37H,14-17H2,1-7H3/b9-8+,12-11+,19-13+,21-10+/t20-,22+,24+,26-,27?,28+,29+,30-,32+,33-,35+/m1/s1. The van der Waals surface area contributed by atoms with E-state index >= 15 is 0 Å². The summed E-state index contributed by atoms with van der Waals surface area (Å²) >= 11 is 0. The molecule has 0 spiro atoms. The Bertz CT molecular complexity index is 1360. The lowest BCUT2D eigenvalue weighted by Crippen LogP contribution is -2.42. The highest BCUT2D eigenvalue weighted by atomic mass is 16.6. The second-order valence-electron chi connectivity index (χ2n) is 13.3. The van der Waals surface area contributed by atoms with Gasteiger partial charge in [0.1, 0.15) is 35.9 Å². The quantitative estimate of drug-likeness (QED) is 0.190. The predicted octanol–water partition coefficient (Wildman–Crippen LogP) is 5.05. The van der Waals surface area contributed by atoms with Gasteiger partial charge < -0.3 is 33.2 Å². The average Bonchev–Trinajstić information content (AvgIpc) is 3.86. The van der Waals surface area contributed by atoms with Gasteiger partial charge in [0.25, 0.3) is 0 Å². The fourth-order valence-corrected chi connectivity index (χ4v) is 6.64. The van der Waals surface area contributed by atoms with Gasteiger partial charge in [0, 0.05) is 38.7 Å². The summed E-state index contributed by atoms with van der Waals surface area (Å²) in [5.41, 5.74) is 1.86. The van der Waals surface area contributed by atoms with Gasteiger partial charge in [0.15, 0.2) is 12.0 Å². The van der Waals surface area contributed by atoms with Crippen molar-refractivity contribution in [3.05, 3.63) is 59.4 Å². The molecule has 11 atom stereocenters. The number of allylic oxidation sites excluding steroid dienone is 4. The summed E-state index contributed by atoms with van der Waals surface area (Å²) in [6.45, 7) is 11.6. The molecule has 5 heterocycles. The van der Waals surface area contributed by atoms with E-state index in [1.165, 1.54) is 0 Å². The molecule has 4 aliphatic rings. The SMILES string of the molecule is CO[C@@H](/C(C)=C/C=C/C(C)=C/c1coc(C)n1)[C@@H](C)C1C[C@H](O)[C@]2(C)O[C@@H]2/C=C/[C@@H](C)[C@H]2C[C@H](CC(=O)O2)C[C@@H]2O[C@H]2C(=O)O1. The maximum Gasteiger partial charge on any atom is 0.338 e. The number of aromatic nitrogens is 1. The van der Waals surface area contributed by atoms with Gasteiger partial charge in [-0.15, -0.1) is 0 Å². The molecule has 1 aromatic rings. The largest absolute Gasteiger partial charge is 0.462 e. The van der Waals surface area contributed by atoms with Crippen LogP contribution in [-0.2, 0) is 33.3 Å². The monoisotopic (exact) mass is 625 g/mol. The van der Waals surface area contributed by atoms with Crippen LogP contribution in [0.25, 0.3) is 6.08 Å². The zero-order valence-electron chi connectivity index (χ0n) is 27.3. The average molecular weight is 626 g/mol. The van der Waals surface area contributed by atoms with Crippen molar-refractivity contribution < 1.29 is 42.8 Å². The molecule has 4 aliphatic heterocycles. The Balaban J connectivity index is 1.33. The van der Waals surface area contributed by atoms with Crippen molar-refractivity contribution >= 4 is 18.0 Å². The number of ether oxygens (including phenoxy) is 5. The van der Waals surface area contributed by atoms with Gasteiger partial charge in [0.2, 0.25) is 0 Å². The summed E-state index contributed by atoms with van der Waals surface area (Å²) < 4.78 is 34.7. The summed E-state index contributed by atoms with van der Waals surface area (Å²) in [7, 11) is 1.63. The van der Waals surface area contributed by atoms with Crippen LogP contribution >= 0.6 is 0 Å². The Morgan fingerprint density at radius 1 is 1.16 bits per heavy atom. The molecule has 3 fully saturated rings. The number of cyclic esters (lactones) is 1. The third-order valence-electron chi connectivity index (χ3n) is 9.63. The van der Waals surface area contributed by atoms with Crippen molar-refractivity contribution in [1.82, 2.24) is 4.98 Å². The molecule has 246 valence electrons. The molecule has 1 unspecified atom stereocenters. The number of nitrogens with zero attached hydrogens (tertiary/aromatic N) is 1. The first-order chi connectivity index (χ1) is 21.4. The molecule has 0 radical (unpaired) electrons. The number of rotatable bonds is 7. The lowest BCUT2D eigenvalue weighted by molar-refractivity contribution is -0.159. The maximum atomic E-state index is 13.4. The number of aryl methyl sites for hydroxylation is 1. The summed E-state index contributed by atoms with van der Waals surface area (Å²) in [5.74, 6) is -0.316. The minimum absolute atomic E-state index is 0.0130. The van der Waals surface area contributed by atoms with Gasteiger partial charge in [-0.2, -0.15) is 0 Å². The van der Waals surface area contributed by atoms with E-state index in [1.54, 1.807) is 20.3 Å². The maximum absolute atomic E-state index is 13.4. The molecule has 0 aliphatic carbocycles. The van der Waals surface area contributed by atoms with Gasteiger partial charge in [-0.25, -0.2) is 9.78 Å². The minimum atomic E-state index is -0.905. The minimum Gasteiger partial charge on any atom is -0.462 e. The summed E-state index contributed by atoms with van der Waals surface area (Å²) in [6, 6.07) is 0. The second-order valence-corrected chi connectivity index (χ2v) is 13.3. The zero-order valence-corrected chi connectivity index (χ0v) is 27.3. The van der Waals surface area contributed by atoms with Gasteiger partial charge >= 0.3 is 11.9 Å². The lowest BCUT2D eigenvalue weighted by Gasteiger charge is -2.33. The van der Waals surface area contributed by atoms with E-state index in [1.807, 2.05) is 71.1 Å². The number of methoxy groups -OCH3 is 1. The molecular weight excluding hydrogens is 578 g/mol. The molecule has 3 saturated heterocycles. The Labute approximate surface area is 265 Å². The molecular formula is C35H47NO9. The zero-order chi connectivity index (χ0) is 32.5. The number of fused-ring (bicyclic) bond motifs is 4. The van der Waals surface area contributed by atoms with Crippen LogP contribution in [0.3, 0.4) is 0 Å². The Morgan fingerprint density at radius 3 is 2.62 bits per heavy atom. The van der Waals surface area contributed by atoms with Crippen molar-refractivity contribution in [2.75, 3.05) is 7.11 Å². The molecule has 0 aromatic carbocycles. The topological polar surface area (TPSA) is 133 Å². The van der Waals surface area contributed by atoms with E-state index in [0.717, 1.165) is 16.8 Å². The summed E-state index contributed by atoms with van der Waals surface area (Å²) in [6.07, 6.45) is 11.7. The molecule has 0 saturated carbocycles. The fourth-order valence-electron chi connectivity index (χ4n) is 6.64. The number of hydrogen-bond acceptors (Lipinski definition) is 10. The molecule has 2 bridgehead atoms. The van der Waals surface area contributed by atoms with Crippen LogP contribution in [0.2, 0.25) is 0 Å². The first kappa shape index (κ1) is 33.3. The van der Waals surface area contributed by atoms with E-state index in [0.29, 0.717) is 25.2 Å². The first-order valence-electron chi connectivity index (χ1n) is 16.0. The Hall–Kier alpha value is -3.05. The number of aliphatic hydroxyl groups excluding tert-OH is 1. The number of epoxide rings is 2. The smallest absolute Gasteiger partial charge is 0.338 e. The molecule has 1 aromatic heterocycles. The highest BCUT2D eigenvalue weighted by Gasteiger charge is 2.57. The number of carbonyl (C=O) groups is 2. The van der Waals surface area contributed by atoms with Crippen LogP contribution in [-0.4, -0.2) is 77.5 Å². The normalized spacial score (nSPS) is 38.0. The van der Waals surface area contributed by atoms with E-state index in [9.17, 15) is 14.7 Å². The number of carbonyl (C=O) groups excluding carboxylic acids is 2. The Kier molecular flexibility index (Phi) is 10.2. The van der Waals surface area contributed by atoms with Crippen LogP contribution in [0.15, 0.2) is 52.2 Å². The third kappa shape index (κ3) is 8.03. The van der Waals surface area contributed by atoms with Gasteiger partial charge in [0.05, 0.1) is 18.3 Å². The van der Waals surface area contributed by atoms with Gasteiger partial charge in [-0.05, 0) is 56.8 Å². The van der Waals surface area contributed by atoms with E-state index in [4.69, 9.17) is 28.1 Å². The molecule has 10 nitrogen and oxygen atoms in total. The van der Waals surface area contributed by atoms with Crippen molar-refractivity contribution in [3.63, 3.8) is 0 Å². The van der Waals surface area contributed by atoms with Gasteiger partial charge in [-0.3, -0.25) is 4.79 Å². The summed E-state index contributed by atoms with van der Waals surface area (Å²) in [4.78, 5) is 30.1. The highest BCUT2D eigenvalue weighted by Crippen LogP contribution is 2.44. The molecule has 1 N–H and O–H groups in total. The third-order valence-corrected chi connectivity index (χ3v) is 9.63. The van der Waals surface area contributed by atoms with E-state index in [2.05, 4.69) is 4.98 Å². The molecule has 10 heteroatoms.